The number of hydrogen-bond acceptors (Lipinski definition) is 4. The molecule has 0 aliphatic carbocycles. The van der Waals surface area contributed by atoms with Crippen molar-refractivity contribution < 1.29 is 9.59 Å². The van der Waals surface area contributed by atoms with Gasteiger partial charge in [0.25, 0.3) is 11.8 Å². The second kappa shape index (κ2) is 7.85. The largest absolute Gasteiger partial charge is 0.369 e. The molecule has 1 fully saturated rings. The van der Waals surface area contributed by atoms with Gasteiger partial charge >= 0.3 is 0 Å². The van der Waals surface area contributed by atoms with Crippen LogP contribution in [-0.4, -0.2) is 29.5 Å². The van der Waals surface area contributed by atoms with E-state index in [-0.39, 0.29) is 16.2 Å². The summed E-state index contributed by atoms with van der Waals surface area (Å²) in [4.78, 5) is 29.9. The Morgan fingerprint density at radius 2 is 1.78 bits per heavy atom. The average molecular weight is 448 g/mol. The molecule has 6 heteroatoms. The number of nitrogens with zero attached hydrogens (tertiary/aromatic N) is 2. The van der Waals surface area contributed by atoms with Gasteiger partial charge in [-0.15, -0.1) is 0 Å². The number of benzene rings is 2. The molecule has 0 saturated carbocycles. The minimum absolute atomic E-state index is 0.0712. The van der Waals surface area contributed by atoms with E-state index in [0.29, 0.717) is 11.6 Å². The lowest BCUT2D eigenvalue weighted by molar-refractivity contribution is -0.122. The molecule has 4 rings (SSSR count). The Kier molecular flexibility index (Phi) is 5.45. The molecule has 32 heavy (non-hydrogen) atoms. The molecule has 1 saturated heterocycles. The van der Waals surface area contributed by atoms with Crippen LogP contribution in [0.25, 0.3) is 6.08 Å². The van der Waals surface area contributed by atoms with Crippen LogP contribution >= 0.6 is 12.2 Å². The molecule has 0 aromatic heterocycles. The first-order valence-electron chi connectivity index (χ1n) is 10.9. The fourth-order valence-electron chi connectivity index (χ4n) is 4.74. The van der Waals surface area contributed by atoms with Gasteiger partial charge in [0, 0.05) is 18.3 Å². The normalized spacial score (nSPS) is 21.6. The van der Waals surface area contributed by atoms with E-state index >= 15 is 0 Å². The molecule has 1 unspecified atom stereocenters. The number of amides is 2. The Hall–Kier alpha value is -2.99. The van der Waals surface area contributed by atoms with Gasteiger partial charge < -0.3 is 4.90 Å². The van der Waals surface area contributed by atoms with Crippen LogP contribution in [0.3, 0.4) is 0 Å². The lowest BCUT2D eigenvalue weighted by atomic mass is 9.79. The van der Waals surface area contributed by atoms with Crippen LogP contribution in [0.4, 0.5) is 11.4 Å². The zero-order chi connectivity index (χ0) is 23.4. The molecule has 0 radical (unpaired) electrons. The van der Waals surface area contributed by atoms with Crippen LogP contribution < -0.4 is 15.1 Å². The quantitative estimate of drug-likeness (QED) is 0.406. The van der Waals surface area contributed by atoms with Gasteiger partial charge in [-0.1, -0.05) is 25.1 Å². The summed E-state index contributed by atoms with van der Waals surface area (Å²) < 4.78 is 0. The molecule has 1 atom stereocenters. The number of aryl methyl sites for hydroxylation is 2. The van der Waals surface area contributed by atoms with Crippen molar-refractivity contribution in [2.24, 2.45) is 0 Å². The van der Waals surface area contributed by atoms with Crippen LogP contribution in [-0.2, 0) is 9.59 Å². The Morgan fingerprint density at radius 3 is 2.47 bits per heavy atom. The summed E-state index contributed by atoms with van der Waals surface area (Å²) in [5.74, 6) is -0.495. The Balaban J connectivity index is 1.79. The zero-order valence-corrected chi connectivity index (χ0v) is 20.3. The van der Waals surface area contributed by atoms with Gasteiger partial charge in [0.1, 0.15) is 5.57 Å². The van der Waals surface area contributed by atoms with Gasteiger partial charge in [0.2, 0.25) is 0 Å². The predicted molar refractivity (Wildman–Crippen MR) is 134 cm³/mol. The van der Waals surface area contributed by atoms with Crippen molar-refractivity contribution in [1.29, 1.82) is 0 Å². The number of nitrogens with one attached hydrogen (secondary N) is 1. The second-order valence-corrected chi connectivity index (χ2v) is 9.88. The first kappa shape index (κ1) is 22.2. The van der Waals surface area contributed by atoms with Crippen molar-refractivity contribution in [2.45, 2.75) is 52.5 Å². The van der Waals surface area contributed by atoms with E-state index in [1.165, 1.54) is 16.2 Å². The maximum absolute atomic E-state index is 13.4. The molecule has 2 aliphatic rings. The number of para-hydroxylation sites is 1. The lowest BCUT2D eigenvalue weighted by Crippen LogP contribution is -2.54. The number of carbonyl (C=O) groups excluding carboxylic acids is 2. The van der Waals surface area contributed by atoms with Crippen LogP contribution in [0, 0.1) is 13.8 Å². The van der Waals surface area contributed by atoms with E-state index in [9.17, 15) is 9.59 Å². The van der Waals surface area contributed by atoms with Crippen molar-refractivity contribution >= 4 is 46.6 Å². The number of rotatable bonds is 2. The highest BCUT2D eigenvalue weighted by Crippen LogP contribution is 2.43. The fourth-order valence-corrected chi connectivity index (χ4v) is 5.01. The topological polar surface area (TPSA) is 52.7 Å². The Bertz CT molecular complexity index is 1180. The molecule has 0 spiro atoms. The van der Waals surface area contributed by atoms with Gasteiger partial charge in [-0.2, -0.15) is 0 Å². The average Bonchev–Trinajstić information content (AvgIpc) is 2.71. The Labute approximate surface area is 195 Å². The molecule has 1 N–H and O–H groups in total. The summed E-state index contributed by atoms with van der Waals surface area (Å²) in [6.45, 7) is 10.7. The lowest BCUT2D eigenvalue weighted by Gasteiger charge is -2.45. The minimum Gasteiger partial charge on any atom is -0.369 e. The van der Waals surface area contributed by atoms with Crippen LogP contribution in [0.5, 0.6) is 0 Å². The first-order chi connectivity index (χ1) is 15.0. The minimum atomic E-state index is -0.465. The smallest absolute Gasteiger partial charge is 0.270 e. The predicted octanol–water partition coefficient (Wildman–Crippen LogP) is 4.86. The zero-order valence-electron chi connectivity index (χ0n) is 19.4. The van der Waals surface area contributed by atoms with Gasteiger partial charge in [-0.25, -0.2) is 0 Å². The third-order valence-corrected chi connectivity index (χ3v) is 7.06. The molecule has 5 nitrogen and oxygen atoms in total. The van der Waals surface area contributed by atoms with Crippen molar-refractivity contribution in [1.82, 2.24) is 5.32 Å². The third-order valence-electron chi connectivity index (χ3n) is 6.78. The number of anilines is 2. The van der Waals surface area contributed by atoms with E-state index in [4.69, 9.17) is 12.2 Å². The number of thiocarbonyl (C=S) groups is 1. The number of carbonyl (C=O) groups is 2. The number of hydrogen-bond donors (Lipinski definition) is 1. The van der Waals surface area contributed by atoms with Gasteiger partial charge in [0.05, 0.1) is 5.69 Å². The Morgan fingerprint density at radius 1 is 1.09 bits per heavy atom. The summed E-state index contributed by atoms with van der Waals surface area (Å²) in [7, 11) is 2.13. The van der Waals surface area contributed by atoms with E-state index in [1.807, 2.05) is 38.1 Å². The molecule has 2 aliphatic heterocycles. The van der Waals surface area contributed by atoms with Crippen molar-refractivity contribution in [3.63, 3.8) is 0 Å². The molecule has 2 aromatic rings. The van der Waals surface area contributed by atoms with E-state index < -0.39 is 11.8 Å². The van der Waals surface area contributed by atoms with Crippen LogP contribution in [0.15, 0.2) is 42.0 Å². The van der Waals surface area contributed by atoms with Crippen molar-refractivity contribution in [3.8, 4) is 0 Å². The molecule has 2 amide bonds. The van der Waals surface area contributed by atoms with Gasteiger partial charge in [-0.3, -0.25) is 19.8 Å². The van der Waals surface area contributed by atoms with E-state index in [0.717, 1.165) is 23.1 Å². The summed E-state index contributed by atoms with van der Waals surface area (Å²) in [6, 6.07) is 11.8. The third kappa shape index (κ3) is 3.62. The highest BCUT2D eigenvalue weighted by atomic mass is 32.1. The molecule has 0 bridgehead atoms. The van der Waals surface area contributed by atoms with E-state index in [1.54, 1.807) is 6.08 Å². The summed E-state index contributed by atoms with van der Waals surface area (Å²) >= 11 is 5.34. The fraction of sp³-hybridized carbons (Fsp3) is 0.346. The van der Waals surface area contributed by atoms with E-state index in [2.05, 4.69) is 50.2 Å². The van der Waals surface area contributed by atoms with Gasteiger partial charge in [0.15, 0.2) is 5.11 Å². The highest BCUT2D eigenvalue weighted by Gasteiger charge is 2.36. The summed E-state index contributed by atoms with van der Waals surface area (Å²) in [5, 5.41) is 2.79. The second-order valence-electron chi connectivity index (χ2n) is 9.49. The molecule has 2 heterocycles. The molecular formula is C26H29N3O2S. The van der Waals surface area contributed by atoms with Crippen LogP contribution in [0.2, 0.25) is 0 Å². The van der Waals surface area contributed by atoms with Gasteiger partial charge in [-0.05, 0) is 98.8 Å². The molecule has 2 aromatic carbocycles. The maximum Gasteiger partial charge on any atom is 0.270 e. The van der Waals surface area contributed by atoms with Crippen molar-refractivity contribution in [3.05, 3.63) is 64.2 Å². The SMILES string of the molecule is Cc1cc2c(cc1/C=C1/C(=O)NC(=S)N(c3ccccc3C)C1=O)C(C)CC(C)(C)N2C. The number of fused-ring (bicyclic) bond motifs is 1. The maximum atomic E-state index is 13.4. The monoisotopic (exact) mass is 447 g/mol. The summed E-state index contributed by atoms with van der Waals surface area (Å²) in [5.41, 5.74) is 6.07. The van der Waals surface area contributed by atoms with Crippen LogP contribution in [0.1, 0.15) is 55.4 Å². The molecular weight excluding hydrogens is 418 g/mol. The standard InChI is InChI=1S/C26H29N3O2S/c1-15-9-7-8-10-21(15)29-24(31)20(23(30)27-25(29)32)13-18-12-19-17(3)14-26(4,5)28(6)22(19)11-16(18)2/h7-13,17H,14H2,1-6H3,(H,27,30,32)/b20-13-. The highest BCUT2D eigenvalue weighted by molar-refractivity contribution is 7.80. The summed E-state index contributed by atoms with van der Waals surface area (Å²) in [6.07, 6.45) is 2.73. The first-order valence-corrected chi connectivity index (χ1v) is 11.3. The van der Waals surface area contributed by atoms with Crippen molar-refractivity contribution in [2.75, 3.05) is 16.8 Å². The molecule has 166 valence electrons.